The molecule has 0 fully saturated rings. The Labute approximate surface area is 248 Å². The summed E-state index contributed by atoms with van der Waals surface area (Å²) >= 11 is 0. The molecular formula is C32H34N4O4S2. The Morgan fingerprint density at radius 3 is 1.10 bits per heavy atom. The van der Waals surface area contributed by atoms with Crippen molar-refractivity contribution in [2.45, 2.75) is 35.5 Å². The standard InChI is InChI=1S/C32H34N4O4S2/c37-41(38,29-21-11-5-12-22-29)35-31(27-17-7-3-8-18-27)33-25-15-1-2-16-26-34-32(28-19-9-4-10-20-28)36-42(39,40)30-23-13-6-14-24-30/h3-14,17-24H,1-2,15-16,25-26H2,(H,33,35)(H,34,36). The maximum absolute atomic E-state index is 12.9. The van der Waals surface area contributed by atoms with Crippen molar-refractivity contribution < 1.29 is 16.8 Å². The fourth-order valence-electron chi connectivity index (χ4n) is 4.09. The van der Waals surface area contributed by atoms with Crippen LogP contribution < -0.4 is 9.44 Å². The van der Waals surface area contributed by atoms with Gasteiger partial charge in [0, 0.05) is 24.2 Å². The van der Waals surface area contributed by atoms with E-state index >= 15 is 0 Å². The third-order valence-corrected chi connectivity index (χ3v) is 8.98. The van der Waals surface area contributed by atoms with E-state index in [9.17, 15) is 16.8 Å². The second-order valence-corrected chi connectivity index (χ2v) is 12.8. The average molecular weight is 603 g/mol. The number of nitrogens with zero attached hydrogens (tertiary/aromatic N) is 2. The van der Waals surface area contributed by atoms with Gasteiger partial charge in [0.1, 0.15) is 11.7 Å². The molecule has 0 aromatic heterocycles. The summed E-state index contributed by atoms with van der Waals surface area (Å²) in [6.07, 6.45) is 3.25. The van der Waals surface area contributed by atoms with E-state index < -0.39 is 20.0 Å². The van der Waals surface area contributed by atoms with Crippen LogP contribution in [0.4, 0.5) is 0 Å². The second-order valence-electron chi connectivity index (χ2n) is 9.44. The fraction of sp³-hybridized carbons (Fsp3) is 0.188. The number of nitrogens with one attached hydrogen (secondary N) is 2. The molecule has 0 atom stereocenters. The van der Waals surface area contributed by atoms with Gasteiger partial charge in [-0.15, -0.1) is 0 Å². The van der Waals surface area contributed by atoms with E-state index in [0.717, 1.165) is 25.7 Å². The largest absolute Gasteiger partial charge is 0.267 e. The van der Waals surface area contributed by atoms with Crippen molar-refractivity contribution in [3.8, 4) is 0 Å². The van der Waals surface area contributed by atoms with Gasteiger partial charge in [-0.25, -0.2) is 16.8 Å². The molecule has 4 rings (SSSR count). The number of sulfonamides is 2. The minimum Gasteiger partial charge on any atom is -0.267 e. The maximum atomic E-state index is 12.9. The molecule has 0 unspecified atom stereocenters. The highest BCUT2D eigenvalue weighted by Gasteiger charge is 2.18. The van der Waals surface area contributed by atoms with E-state index in [1.807, 2.05) is 60.7 Å². The van der Waals surface area contributed by atoms with Gasteiger partial charge in [-0.1, -0.05) is 110 Å². The molecule has 42 heavy (non-hydrogen) atoms. The first-order valence-electron chi connectivity index (χ1n) is 13.7. The first kappa shape index (κ1) is 30.7. The van der Waals surface area contributed by atoms with Gasteiger partial charge in [0.15, 0.2) is 0 Å². The lowest BCUT2D eigenvalue weighted by atomic mass is 10.2. The predicted molar refractivity (Wildman–Crippen MR) is 168 cm³/mol. The Balaban J connectivity index is 1.33. The first-order valence-corrected chi connectivity index (χ1v) is 16.7. The molecule has 0 saturated carbocycles. The summed E-state index contributed by atoms with van der Waals surface area (Å²) in [5, 5.41) is 0. The van der Waals surface area contributed by atoms with Crippen molar-refractivity contribution in [1.29, 1.82) is 0 Å². The number of amidine groups is 2. The number of aliphatic imine (C=N–C) groups is 2. The van der Waals surface area contributed by atoms with Crippen LogP contribution in [0.1, 0.15) is 36.8 Å². The summed E-state index contributed by atoms with van der Waals surface area (Å²) in [6, 6.07) is 34.8. The summed E-state index contributed by atoms with van der Waals surface area (Å²) in [5.41, 5.74) is 1.38. The molecule has 0 radical (unpaired) electrons. The van der Waals surface area contributed by atoms with Crippen LogP contribution in [0.2, 0.25) is 0 Å². The summed E-state index contributed by atoms with van der Waals surface area (Å²) in [6.45, 7) is 0.911. The number of hydrogen-bond donors (Lipinski definition) is 2. The molecule has 2 N–H and O–H groups in total. The highest BCUT2D eigenvalue weighted by atomic mass is 32.2. The van der Waals surface area contributed by atoms with Crippen molar-refractivity contribution in [2.75, 3.05) is 13.1 Å². The van der Waals surface area contributed by atoms with E-state index in [1.54, 1.807) is 60.7 Å². The van der Waals surface area contributed by atoms with Gasteiger partial charge in [-0.2, -0.15) is 0 Å². The van der Waals surface area contributed by atoms with Gasteiger partial charge in [0.25, 0.3) is 20.0 Å². The van der Waals surface area contributed by atoms with E-state index in [1.165, 1.54) is 0 Å². The highest BCUT2D eigenvalue weighted by Crippen LogP contribution is 2.12. The van der Waals surface area contributed by atoms with Crippen molar-refractivity contribution in [1.82, 2.24) is 9.44 Å². The van der Waals surface area contributed by atoms with Gasteiger partial charge < -0.3 is 0 Å². The molecular weight excluding hydrogens is 569 g/mol. The van der Waals surface area contributed by atoms with Gasteiger partial charge in [-0.3, -0.25) is 19.4 Å². The lowest BCUT2D eigenvalue weighted by molar-refractivity contribution is 0.590. The monoisotopic (exact) mass is 602 g/mol. The molecule has 4 aromatic carbocycles. The van der Waals surface area contributed by atoms with Crippen LogP contribution in [-0.4, -0.2) is 41.6 Å². The number of benzene rings is 4. The SMILES string of the molecule is O=S(=O)(NC(=NCCCCCCN=C(NS(=O)(=O)c1ccccc1)c1ccccc1)c1ccccc1)c1ccccc1. The van der Waals surface area contributed by atoms with Crippen LogP contribution in [0.3, 0.4) is 0 Å². The Kier molecular flexibility index (Phi) is 11.0. The Bertz CT molecular complexity index is 1550. The van der Waals surface area contributed by atoms with E-state index in [4.69, 9.17) is 0 Å². The number of hydrogen-bond acceptors (Lipinski definition) is 6. The normalized spacial score (nSPS) is 12.6. The van der Waals surface area contributed by atoms with Crippen molar-refractivity contribution in [3.05, 3.63) is 132 Å². The van der Waals surface area contributed by atoms with E-state index in [-0.39, 0.29) is 9.79 Å². The van der Waals surface area contributed by atoms with E-state index in [2.05, 4.69) is 19.4 Å². The zero-order chi connectivity index (χ0) is 29.7. The van der Waals surface area contributed by atoms with Crippen molar-refractivity contribution in [2.24, 2.45) is 9.98 Å². The highest BCUT2D eigenvalue weighted by molar-refractivity contribution is 7.90. The molecule has 10 heteroatoms. The first-order chi connectivity index (χ1) is 20.4. The van der Waals surface area contributed by atoms with E-state index in [0.29, 0.717) is 35.9 Å². The van der Waals surface area contributed by atoms with Crippen LogP contribution in [0, 0.1) is 0 Å². The molecule has 0 saturated heterocycles. The molecule has 218 valence electrons. The van der Waals surface area contributed by atoms with Crippen LogP contribution >= 0.6 is 0 Å². The maximum Gasteiger partial charge on any atom is 0.263 e. The smallest absolute Gasteiger partial charge is 0.263 e. The third kappa shape index (κ3) is 9.12. The van der Waals surface area contributed by atoms with Crippen molar-refractivity contribution >= 4 is 31.7 Å². The van der Waals surface area contributed by atoms with Crippen LogP contribution in [-0.2, 0) is 20.0 Å². The van der Waals surface area contributed by atoms with Crippen molar-refractivity contribution in [3.63, 3.8) is 0 Å². The fourth-order valence-corrected chi connectivity index (χ4v) is 6.23. The zero-order valence-corrected chi connectivity index (χ0v) is 24.8. The number of rotatable bonds is 13. The predicted octanol–water partition coefficient (Wildman–Crippen LogP) is 5.40. The minimum atomic E-state index is -3.77. The van der Waals surface area contributed by atoms with Crippen LogP contribution in [0.5, 0.6) is 0 Å². The lowest BCUT2D eigenvalue weighted by Gasteiger charge is -2.12. The quantitative estimate of drug-likeness (QED) is 0.121. The van der Waals surface area contributed by atoms with Gasteiger partial charge in [0.05, 0.1) is 9.79 Å². The van der Waals surface area contributed by atoms with Gasteiger partial charge in [-0.05, 0) is 37.1 Å². The number of unbranched alkanes of at least 4 members (excludes halogenated alkanes) is 3. The molecule has 0 spiro atoms. The minimum absolute atomic E-state index is 0.176. The summed E-state index contributed by atoms with van der Waals surface area (Å²) in [7, 11) is -7.54. The summed E-state index contributed by atoms with van der Waals surface area (Å²) in [5.74, 6) is 0.615. The summed E-state index contributed by atoms with van der Waals surface area (Å²) < 4.78 is 56.9. The third-order valence-electron chi connectivity index (χ3n) is 6.27. The molecule has 0 heterocycles. The molecule has 0 aliphatic rings. The molecule has 0 aliphatic heterocycles. The molecule has 0 aliphatic carbocycles. The topological polar surface area (TPSA) is 117 Å². The Hall–Kier alpha value is -4.28. The second kappa shape index (κ2) is 15.1. The van der Waals surface area contributed by atoms with Gasteiger partial charge in [0.2, 0.25) is 0 Å². The lowest BCUT2D eigenvalue weighted by Crippen LogP contribution is -2.31. The Morgan fingerprint density at radius 1 is 0.452 bits per heavy atom. The van der Waals surface area contributed by atoms with Crippen LogP contribution in [0.15, 0.2) is 141 Å². The molecule has 8 nitrogen and oxygen atoms in total. The Morgan fingerprint density at radius 2 is 0.762 bits per heavy atom. The van der Waals surface area contributed by atoms with Gasteiger partial charge >= 0.3 is 0 Å². The molecule has 0 bridgehead atoms. The van der Waals surface area contributed by atoms with Crippen LogP contribution in [0.25, 0.3) is 0 Å². The average Bonchev–Trinajstić information content (AvgIpc) is 3.02. The summed E-state index contributed by atoms with van der Waals surface area (Å²) in [4.78, 5) is 9.52. The molecule has 4 aromatic rings. The molecule has 0 amide bonds. The zero-order valence-electron chi connectivity index (χ0n) is 23.1.